The molecule has 0 saturated carbocycles. The number of hydrogen-bond donors (Lipinski definition) is 5. The maximum absolute atomic E-state index is 14.9. The molecule has 366 valence electrons. The molecule has 0 aliphatic carbocycles. The van der Waals surface area contributed by atoms with Crippen molar-refractivity contribution in [2.45, 2.75) is 106 Å². The van der Waals surface area contributed by atoms with Crippen molar-refractivity contribution in [3.05, 3.63) is 79.3 Å². The van der Waals surface area contributed by atoms with E-state index in [1.165, 1.54) is 33.1 Å². The molecule has 9 atom stereocenters. The maximum Gasteiger partial charge on any atom is 0.302 e. The number of nitrogens with zero attached hydrogens (tertiary/aromatic N) is 3. The number of allylic oxidation sites excluding steroid dienone is 2. The molecule has 1 aromatic heterocycles. The van der Waals surface area contributed by atoms with Gasteiger partial charge in [-0.25, -0.2) is 4.98 Å². The standard InChI is InChI=1S/C52H66N4O12/c1-25(2)24-55-18-20-56(21-19-55)33-22-34(58)40-36(23-33)67-49-41(53-40)37-38-45(61)31(8)48-39(37)50(63)52(10,68-48)17-13-16-35(65-11)28(5)47(66-32(9)57)30(7)44(60)29(6)43(59)26(3)14-12-15-27(4)51(64)54-42(49)46(38)62/h12-16,22-23,25-26,28-30,35,43-44,47,59-61,63H,17-21,24H2,1-11H3,(H,54,64)/b14-12+,16-13+,27-15-/t26-,28+,29+,30+,35-,43-,44+,47+,52+/m0/s1. The predicted molar refractivity (Wildman–Crippen MR) is 262 cm³/mol. The molecule has 4 aromatic rings. The Bertz CT molecular complexity index is 2900. The van der Waals surface area contributed by atoms with E-state index < -0.39 is 82.2 Å². The summed E-state index contributed by atoms with van der Waals surface area (Å²) in [6, 6.07) is 3.20. The Morgan fingerprint density at radius 3 is 2.29 bits per heavy atom. The Morgan fingerprint density at radius 1 is 0.956 bits per heavy atom. The van der Waals surface area contributed by atoms with E-state index in [4.69, 9.17) is 23.6 Å². The second-order valence-electron chi connectivity index (χ2n) is 19.7. The van der Waals surface area contributed by atoms with Crippen LogP contribution in [-0.4, -0.2) is 112 Å². The molecule has 7 rings (SSSR count). The van der Waals surface area contributed by atoms with Crippen LogP contribution in [0.5, 0.6) is 11.5 Å². The first-order valence-corrected chi connectivity index (χ1v) is 23.5. The molecule has 0 spiro atoms. The monoisotopic (exact) mass is 938 g/mol. The summed E-state index contributed by atoms with van der Waals surface area (Å²) in [5, 5.41) is 49.8. The molecular formula is C52H66N4O12. The quantitative estimate of drug-likeness (QED) is 0.0691. The number of phenolic OH excluding ortho intramolecular Hbond substituents is 1. The second kappa shape index (κ2) is 19.7. The summed E-state index contributed by atoms with van der Waals surface area (Å²) in [6.45, 7) is 21.3. The number of rotatable bonds is 5. The van der Waals surface area contributed by atoms with Crippen LogP contribution in [0, 0.1) is 36.5 Å². The summed E-state index contributed by atoms with van der Waals surface area (Å²) < 4.78 is 24.8. The molecule has 3 aliphatic rings. The number of aliphatic hydroxyl groups is 3. The van der Waals surface area contributed by atoms with Crippen LogP contribution >= 0.6 is 0 Å². The normalized spacial score (nSPS) is 29.6. The van der Waals surface area contributed by atoms with Crippen molar-refractivity contribution in [1.29, 1.82) is 0 Å². The Morgan fingerprint density at radius 2 is 1.65 bits per heavy atom. The number of fused-ring (bicyclic) bond motifs is 2. The molecule has 4 bridgehead atoms. The van der Waals surface area contributed by atoms with Gasteiger partial charge in [-0.2, -0.15) is 0 Å². The van der Waals surface area contributed by atoms with E-state index in [0.717, 1.165) is 19.6 Å². The van der Waals surface area contributed by atoms with Gasteiger partial charge in [0.1, 0.15) is 34.6 Å². The van der Waals surface area contributed by atoms with Crippen LogP contribution in [0.4, 0.5) is 11.4 Å². The highest BCUT2D eigenvalue weighted by molar-refractivity contribution is 6.17. The van der Waals surface area contributed by atoms with Gasteiger partial charge in [-0.05, 0) is 26.7 Å². The highest BCUT2D eigenvalue weighted by atomic mass is 16.5. The lowest BCUT2D eigenvalue weighted by atomic mass is 9.78. The Labute approximate surface area is 395 Å². The lowest BCUT2D eigenvalue weighted by molar-refractivity contribution is -0.160. The molecule has 4 heterocycles. The lowest BCUT2D eigenvalue weighted by Gasteiger charge is -2.38. The number of aromatic hydroxyl groups is 1. The first-order chi connectivity index (χ1) is 32.1. The van der Waals surface area contributed by atoms with Crippen molar-refractivity contribution in [1.82, 2.24) is 9.88 Å². The Kier molecular flexibility index (Phi) is 14.5. The smallest absolute Gasteiger partial charge is 0.302 e. The van der Waals surface area contributed by atoms with Gasteiger partial charge in [0.05, 0.1) is 28.9 Å². The van der Waals surface area contributed by atoms with E-state index in [2.05, 4.69) is 29.0 Å². The number of hydrogen-bond acceptors (Lipinski definition) is 15. The highest BCUT2D eigenvalue weighted by Crippen LogP contribution is 2.43. The van der Waals surface area contributed by atoms with E-state index >= 15 is 0 Å². The number of methoxy groups -OCH3 is 1. The number of carbonyl (C=O) groups excluding carboxylic acids is 2. The number of nitrogens with one attached hydrogen (secondary N) is 1. The third kappa shape index (κ3) is 9.35. The van der Waals surface area contributed by atoms with Crippen LogP contribution in [-0.2, 0) is 19.1 Å². The largest absolute Gasteiger partial charge is 0.507 e. The minimum absolute atomic E-state index is 0.0340. The Balaban J connectivity index is 1.46. The molecule has 5 N–H and O–H groups in total. The third-order valence-electron chi connectivity index (χ3n) is 14.2. The fourth-order valence-electron chi connectivity index (χ4n) is 10.1. The zero-order chi connectivity index (χ0) is 49.7. The number of benzene rings is 3. The van der Waals surface area contributed by atoms with E-state index in [9.17, 15) is 39.6 Å². The SMILES string of the molecule is CO[C@H]1/C=C/C[C@@]2(C)Oc3c(C)c(O)c4c(=O)c(c5oc6cc(N7CCN(CC(C)C)CC7)cc(=O)c6nc5c4c3=C2O)NC(=O)/C(C)=C\C=C\[C@H](C)[C@H](O)[C@@H](C)[C@@H](O)[C@@H](C)[C@H](OC(C)=O)[C@@H]1C. The van der Waals surface area contributed by atoms with E-state index in [1.807, 2.05) is 6.92 Å². The summed E-state index contributed by atoms with van der Waals surface area (Å²) >= 11 is 0. The number of aliphatic hydroxyl groups excluding tert-OH is 3. The van der Waals surface area contributed by atoms with Gasteiger partial charge in [0.2, 0.25) is 10.9 Å². The molecule has 3 aliphatic heterocycles. The van der Waals surface area contributed by atoms with Crippen molar-refractivity contribution in [3.8, 4) is 11.5 Å². The number of piperazine rings is 1. The van der Waals surface area contributed by atoms with E-state index in [0.29, 0.717) is 24.7 Å². The van der Waals surface area contributed by atoms with Crippen LogP contribution in [0.3, 0.4) is 0 Å². The van der Waals surface area contributed by atoms with Gasteiger partial charge in [0, 0.05) is 111 Å². The molecule has 0 radical (unpaired) electrons. The predicted octanol–water partition coefficient (Wildman–Crippen LogP) is 5.80. The lowest BCUT2D eigenvalue weighted by Crippen LogP contribution is -2.47. The molecular weight excluding hydrogens is 873 g/mol. The molecule has 3 aromatic carbocycles. The molecule has 16 nitrogen and oxygen atoms in total. The van der Waals surface area contributed by atoms with Gasteiger partial charge in [-0.15, -0.1) is 0 Å². The average Bonchev–Trinajstić information content (AvgIpc) is 3.56. The number of anilines is 2. The fourth-order valence-corrected chi connectivity index (χ4v) is 10.1. The number of phenols is 1. The second-order valence-corrected chi connectivity index (χ2v) is 19.7. The summed E-state index contributed by atoms with van der Waals surface area (Å²) in [5.74, 6) is -3.82. The van der Waals surface area contributed by atoms with Crippen molar-refractivity contribution in [2.75, 3.05) is 50.1 Å². The fraction of sp³-hybridized carbons (Fsp3) is 0.519. The molecule has 1 fully saturated rings. The van der Waals surface area contributed by atoms with Gasteiger partial charge in [0.25, 0.3) is 5.91 Å². The van der Waals surface area contributed by atoms with Crippen LogP contribution in [0.1, 0.15) is 74.3 Å². The van der Waals surface area contributed by atoms with Gasteiger partial charge in [-0.3, -0.25) is 24.1 Å². The molecule has 1 amide bonds. The summed E-state index contributed by atoms with van der Waals surface area (Å²) in [5.41, 5.74) is -2.47. The molecule has 0 unspecified atom stereocenters. The summed E-state index contributed by atoms with van der Waals surface area (Å²) in [6.07, 6.45) is 4.60. The van der Waals surface area contributed by atoms with Crippen molar-refractivity contribution in [2.24, 2.45) is 29.6 Å². The zero-order valence-electron chi connectivity index (χ0n) is 40.9. The van der Waals surface area contributed by atoms with Crippen molar-refractivity contribution < 1.29 is 48.6 Å². The van der Waals surface area contributed by atoms with Crippen LogP contribution < -0.4 is 31.0 Å². The van der Waals surface area contributed by atoms with Crippen molar-refractivity contribution >= 4 is 62.0 Å². The van der Waals surface area contributed by atoms with E-state index in [-0.39, 0.29) is 72.9 Å². The number of esters is 1. The number of amides is 1. The summed E-state index contributed by atoms with van der Waals surface area (Å²) in [7, 11) is 1.50. The summed E-state index contributed by atoms with van der Waals surface area (Å²) in [4.78, 5) is 64.8. The number of aromatic nitrogens is 1. The van der Waals surface area contributed by atoms with E-state index in [1.54, 1.807) is 65.0 Å². The number of carbonyl (C=O) groups is 2. The average molecular weight is 939 g/mol. The first-order valence-electron chi connectivity index (χ1n) is 23.5. The molecule has 1 saturated heterocycles. The topological polar surface area (TPSA) is 221 Å². The Hall–Kier alpha value is -5.81. The van der Waals surface area contributed by atoms with Crippen LogP contribution in [0.25, 0.3) is 38.7 Å². The minimum atomic E-state index is -1.48. The third-order valence-corrected chi connectivity index (χ3v) is 14.2. The highest BCUT2D eigenvalue weighted by Gasteiger charge is 2.42. The molecule has 68 heavy (non-hydrogen) atoms. The van der Waals surface area contributed by atoms with Crippen LogP contribution in [0.15, 0.2) is 62.1 Å². The minimum Gasteiger partial charge on any atom is -0.507 e. The number of ether oxygens (including phenoxy) is 3. The van der Waals surface area contributed by atoms with Gasteiger partial charge in [-0.1, -0.05) is 71.9 Å². The first kappa shape index (κ1) is 50.1. The zero-order valence-corrected chi connectivity index (χ0v) is 40.9. The maximum atomic E-state index is 14.9. The van der Waals surface area contributed by atoms with Gasteiger partial charge < -0.3 is 49.3 Å². The van der Waals surface area contributed by atoms with Crippen LogP contribution in [0.2, 0.25) is 0 Å². The molecule has 16 heteroatoms. The van der Waals surface area contributed by atoms with Gasteiger partial charge >= 0.3 is 5.97 Å². The van der Waals surface area contributed by atoms with Crippen molar-refractivity contribution in [3.63, 3.8) is 0 Å². The van der Waals surface area contributed by atoms with Gasteiger partial charge in [0.15, 0.2) is 22.3 Å².